The van der Waals surface area contributed by atoms with Gasteiger partial charge in [-0.1, -0.05) is 142 Å². The van der Waals surface area contributed by atoms with Gasteiger partial charge in [-0.3, -0.25) is 4.79 Å². The van der Waals surface area contributed by atoms with E-state index in [2.05, 4.69) is 27.7 Å². The number of rotatable bonds is 22. The number of ether oxygens (including phenoxy) is 6. The average molecular weight is 726 g/mol. The molecule has 0 saturated carbocycles. The average Bonchev–Trinajstić information content (AvgIpc) is 3.15. The van der Waals surface area contributed by atoms with Gasteiger partial charge in [0, 0.05) is 13.1 Å². The van der Waals surface area contributed by atoms with Crippen LogP contribution in [0, 0.1) is 5.92 Å². The molecule has 1 aliphatic heterocycles. The van der Waals surface area contributed by atoms with Crippen molar-refractivity contribution in [3.8, 4) is 23.0 Å². The standard InChI is InChI=1S/C44H71NO7/c1-5-7-9-11-13-15-17-23-29-45(30-24-18-16-14-12-10-8-6-2)43(46)35-52-44(38(3)4)36-50-41-27-21-19-25-39(41)48-33-31-47-32-34-49-40-26-20-22-28-42(40)51-37-44/h19-22,25-28,38H,5-18,23-24,29-37H2,1-4H3. The summed E-state index contributed by atoms with van der Waals surface area (Å²) >= 11 is 0. The number of carbonyl (C=O) groups is 1. The van der Waals surface area contributed by atoms with Crippen molar-refractivity contribution in [1.82, 2.24) is 4.90 Å². The predicted octanol–water partition coefficient (Wildman–Crippen LogP) is 10.5. The van der Waals surface area contributed by atoms with Gasteiger partial charge in [0.1, 0.15) is 38.6 Å². The first-order chi connectivity index (χ1) is 25.5. The summed E-state index contributed by atoms with van der Waals surface area (Å²) in [6, 6.07) is 15.3. The minimum atomic E-state index is -0.932. The van der Waals surface area contributed by atoms with Gasteiger partial charge >= 0.3 is 0 Å². The first-order valence-corrected chi connectivity index (χ1v) is 20.7. The molecule has 0 aromatic heterocycles. The van der Waals surface area contributed by atoms with Crippen LogP contribution >= 0.6 is 0 Å². The molecule has 0 radical (unpaired) electrons. The Bertz CT molecular complexity index is 1130. The van der Waals surface area contributed by atoms with Gasteiger partial charge in [0.25, 0.3) is 0 Å². The first kappa shape index (κ1) is 43.4. The highest BCUT2D eigenvalue weighted by Gasteiger charge is 2.39. The highest BCUT2D eigenvalue weighted by atomic mass is 16.6. The Kier molecular flexibility index (Phi) is 22.3. The summed E-state index contributed by atoms with van der Waals surface area (Å²) in [5, 5.41) is 0. The molecule has 1 heterocycles. The largest absolute Gasteiger partial charge is 0.487 e. The van der Waals surface area contributed by atoms with Crippen LogP contribution in [0.2, 0.25) is 0 Å². The molecule has 0 aliphatic carbocycles. The third-order valence-electron chi connectivity index (χ3n) is 10.1. The number of amides is 1. The molecule has 2 aromatic carbocycles. The van der Waals surface area contributed by atoms with Crippen LogP contribution in [-0.4, -0.2) is 75.7 Å². The molecule has 8 nitrogen and oxygen atoms in total. The molecular formula is C44H71NO7. The molecule has 2 aromatic rings. The summed E-state index contributed by atoms with van der Waals surface area (Å²) in [4.78, 5) is 16.1. The van der Waals surface area contributed by atoms with Crippen LogP contribution in [0.15, 0.2) is 48.5 Å². The lowest BCUT2D eigenvalue weighted by molar-refractivity contribution is -0.157. The summed E-state index contributed by atoms with van der Waals surface area (Å²) in [5.41, 5.74) is -0.932. The third-order valence-corrected chi connectivity index (χ3v) is 10.1. The maximum atomic E-state index is 14.0. The summed E-state index contributed by atoms with van der Waals surface area (Å²) in [5.74, 6) is 2.49. The van der Waals surface area contributed by atoms with E-state index in [4.69, 9.17) is 28.4 Å². The maximum absolute atomic E-state index is 14.0. The van der Waals surface area contributed by atoms with E-state index in [1.807, 2.05) is 53.4 Å². The molecule has 1 amide bonds. The lowest BCUT2D eigenvalue weighted by Crippen LogP contribution is -2.51. The topological polar surface area (TPSA) is 75.7 Å². The Balaban J connectivity index is 1.73. The third kappa shape index (κ3) is 16.8. The Morgan fingerprint density at radius 3 is 1.38 bits per heavy atom. The molecule has 0 N–H and O–H groups in total. The fourth-order valence-corrected chi connectivity index (χ4v) is 6.46. The van der Waals surface area contributed by atoms with Crippen molar-refractivity contribution in [2.24, 2.45) is 5.92 Å². The fourth-order valence-electron chi connectivity index (χ4n) is 6.46. The number of hydrogen-bond acceptors (Lipinski definition) is 7. The van der Waals surface area contributed by atoms with E-state index in [1.165, 1.54) is 77.0 Å². The minimum Gasteiger partial charge on any atom is -0.487 e. The zero-order valence-electron chi connectivity index (χ0n) is 33.2. The Morgan fingerprint density at radius 2 is 0.981 bits per heavy atom. The van der Waals surface area contributed by atoms with Gasteiger partial charge in [-0.2, -0.15) is 0 Å². The monoisotopic (exact) mass is 726 g/mol. The van der Waals surface area contributed by atoms with E-state index < -0.39 is 5.60 Å². The van der Waals surface area contributed by atoms with Crippen molar-refractivity contribution >= 4 is 5.91 Å². The Hall–Kier alpha value is -2.97. The zero-order valence-corrected chi connectivity index (χ0v) is 33.2. The summed E-state index contributed by atoms with van der Waals surface area (Å²) in [7, 11) is 0. The van der Waals surface area contributed by atoms with Crippen LogP contribution in [0.4, 0.5) is 0 Å². The Labute approximate surface area is 316 Å². The fraction of sp³-hybridized carbons (Fsp3) is 0.705. The zero-order chi connectivity index (χ0) is 37.1. The summed E-state index contributed by atoms with van der Waals surface area (Å²) in [6.45, 7) is 12.2. The molecule has 0 atom stereocenters. The van der Waals surface area contributed by atoms with Crippen molar-refractivity contribution in [3.05, 3.63) is 48.5 Å². The maximum Gasteiger partial charge on any atom is 0.248 e. The van der Waals surface area contributed by atoms with E-state index in [-0.39, 0.29) is 31.6 Å². The second kappa shape index (κ2) is 26.7. The van der Waals surface area contributed by atoms with Crippen molar-refractivity contribution in [1.29, 1.82) is 0 Å². The molecular weight excluding hydrogens is 654 g/mol. The van der Waals surface area contributed by atoms with E-state index in [9.17, 15) is 4.79 Å². The quantitative estimate of drug-likeness (QED) is 0.112. The van der Waals surface area contributed by atoms with Gasteiger partial charge in [-0.15, -0.1) is 0 Å². The van der Waals surface area contributed by atoms with Crippen molar-refractivity contribution in [2.45, 2.75) is 136 Å². The van der Waals surface area contributed by atoms with E-state index in [0.29, 0.717) is 49.4 Å². The number of unbranched alkanes of at least 4 members (excludes halogenated alkanes) is 14. The van der Waals surface area contributed by atoms with Crippen molar-refractivity contribution < 1.29 is 33.2 Å². The first-order valence-electron chi connectivity index (χ1n) is 20.7. The van der Waals surface area contributed by atoms with Gasteiger partial charge in [-0.05, 0) is 43.0 Å². The number of benzene rings is 2. The molecule has 294 valence electrons. The molecule has 0 saturated heterocycles. The SMILES string of the molecule is CCCCCCCCCCN(CCCCCCCCCC)C(=O)COC1(C(C)C)COc2ccccc2OCCOCCOc2ccccc2OC1. The second-order valence-corrected chi connectivity index (χ2v) is 14.6. The predicted molar refractivity (Wildman–Crippen MR) is 211 cm³/mol. The molecule has 1 aliphatic rings. The molecule has 3 rings (SSSR count). The van der Waals surface area contributed by atoms with E-state index in [1.54, 1.807) is 0 Å². The lowest BCUT2D eigenvalue weighted by atomic mass is 9.91. The number of carbonyl (C=O) groups excluding carboxylic acids is 1. The highest BCUT2D eigenvalue weighted by Crippen LogP contribution is 2.33. The molecule has 0 fully saturated rings. The van der Waals surface area contributed by atoms with E-state index in [0.717, 1.165) is 38.8 Å². The smallest absolute Gasteiger partial charge is 0.248 e. The lowest BCUT2D eigenvalue weighted by Gasteiger charge is -2.37. The van der Waals surface area contributed by atoms with Gasteiger partial charge in [0.05, 0.1) is 13.2 Å². The normalized spacial score (nSPS) is 15.0. The van der Waals surface area contributed by atoms with Crippen LogP contribution < -0.4 is 18.9 Å². The van der Waals surface area contributed by atoms with Gasteiger partial charge in [-0.25, -0.2) is 0 Å². The summed E-state index contributed by atoms with van der Waals surface area (Å²) in [6.07, 6.45) is 19.8. The van der Waals surface area contributed by atoms with Crippen LogP contribution in [0.25, 0.3) is 0 Å². The highest BCUT2D eigenvalue weighted by molar-refractivity contribution is 5.77. The van der Waals surface area contributed by atoms with Crippen molar-refractivity contribution in [3.63, 3.8) is 0 Å². The van der Waals surface area contributed by atoms with Crippen LogP contribution in [0.1, 0.15) is 130 Å². The molecule has 0 unspecified atom stereocenters. The summed E-state index contributed by atoms with van der Waals surface area (Å²) < 4.78 is 37.5. The molecule has 52 heavy (non-hydrogen) atoms. The Morgan fingerprint density at radius 1 is 0.596 bits per heavy atom. The van der Waals surface area contributed by atoms with Gasteiger partial charge in [0.15, 0.2) is 23.0 Å². The number of fused-ring (bicyclic) bond motifs is 2. The van der Waals surface area contributed by atoms with Crippen LogP contribution in [-0.2, 0) is 14.3 Å². The molecule has 0 bridgehead atoms. The van der Waals surface area contributed by atoms with E-state index >= 15 is 0 Å². The molecule has 0 spiro atoms. The second-order valence-electron chi connectivity index (χ2n) is 14.6. The van der Waals surface area contributed by atoms with Crippen LogP contribution in [0.3, 0.4) is 0 Å². The van der Waals surface area contributed by atoms with Gasteiger partial charge < -0.3 is 33.3 Å². The van der Waals surface area contributed by atoms with Crippen LogP contribution in [0.5, 0.6) is 23.0 Å². The minimum absolute atomic E-state index is 0.0329. The van der Waals surface area contributed by atoms with Gasteiger partial charge in [0.2, 0.25) is 5.91 Å². The number of nitrogens with zero attached hydrogens (tertiary/aromatic N) is 1. The number of para-hydroxylation sites is 4. The molecule has 8 heteroatoms. The van der Waals surface area contributed by atoms with Crippen molar-refractivity contribution in [2.75, 3.05) is 59.3 Å². The number of hydrogen-bond donors (Lipinski definition) is 0.